The third-order valence-electron chi connectivity index (χ3n) is 5.36. The van der Waals surface area contributed by atoms with E-state index in [-0.39, 0.29) is 11.3 Å². The van der Waals surface area contributed by atoms with E-state index in [4.69, 9.17) is 17.2 Å². The van der Waals surface area contributed by atoms with Gasteiger partial charge in [0.2, 0.25) is 5.91 Å². The van der Waals surface area contributed by atoms with Crippen LogP contribution in [0.25, 0.3) is 0 Å². The first kappa shape index (κ1) is 34.3. The Hall–Kier alpha value is -4.23. The van der Waals surface area contributed by atoms with E-state index in [1.807, 2.05) is 0 Å². The number of nitrogens with two attached hydrogens (primary N) is 3. The van der Waals surface area contributed by atoms with Gasteiger partial charge in [-0.2, -0.15) is 21.9 Å². The molecule has 44 heavy (non-hydrogen) atoms. The van der Waals surface area contributed by atoms with Crippen molar-refractivity contribution in [3.8, 4) is 0 Å². The molecule has 0 spiro atoms. The van der Waals surface area contributed by atoms with E-state index in [9.17, 15) is 47.9 Å². The number of amides is 1. The van der Waals surface area contributed by atoms with Gasteiger partial charge in [0.1, 0.15) is 26.9 Å². The Labute approximate surface area is 251 Å². The highest BCUT2D eigenvalue weighted by molar-refractivity contribution is 7.91. The molecule has 0 bridgehead atoms. The van der Waals surface area contributed by atoms with Gasteiger partial charge in [-0.25, -0.2) is 12.6 Å². The summed E-state index contributed by atoms with van der Waals surface area (Å²) in [5.74, 6) is -1.66. The maximum atomic E-state index is 12.5. The Morgan fingerprint density at radius 3 is 2.07 bits per heavy atom. The maximum absolute atomic E-state index is 12.5. The lowest BCUT2D eigenvalue weighted by Gasteiger charge is -2.11. The molecule has 19 nitrogen and oxygen atoms in total. The largest absolute Gasteiger partial charge is 0.750 e. The number of nitrogen functional groups attached to an aromatic ring is 2. The van der Waals surface area contributed by atoms with Gasteiger partial charge in [-0.05, 0) is 42.5 Å². The predicted molar refractivity (Wildman–Crippen MR) is 152 cm³/mol. The molecule has 23 heteroatoms. The Kier molecular flexibility index (Phi) is 10.3. The van der Waals surface area contributed by atoms with Crippen LogP contribution in [0.15, 0.2) is 83.7 Å². The van der Waals surface area contributed by atoms with Crippen LogP contribution in [0.1, 0.15) is 10.4 Å². The fraction of sp³-hybridized carbons (Fsp3) is 0.0952. The third-order valence-corrected chi connectivity index (χ3v) is 9.17. The van der Waals surface area contributed by atoms with E-state index in [1.165, 1.54) is 24.3 Å². The molecule has 3 aromatic carbocycles. The first-order valence-corrected chi connectivity index (χ1v) is 16.8. The van der Waals surface area contributed by atoms with Crippen molar-refractivity contribution < 1.29 is 52.1 Å². The van der Waals surface area contributed by atoms with Crippen LogP contribution in [0.5, 0.6) is 0 Å². The van der Waals surface area contributed by atoms with Crippen molar-refractivity contribution in [3.05, 3.63) is 54.1 Å². The van der Waals surface area contributed by atoms with Crippen LogP contribution in [-0.2, 0) is 45.6 Å². The van der Waals surface area contributed by atoms with Crippen LogP contribution >= 0.6 is 0 Å². The summed E-state index contributed by atoms with van der Waals surface area (Å²) in [5, 5.41) is 14.9. The summed E-state index contributed by atoms with van der Waals surface area (Å²) >= 11 is -3.01. The van der Waals surface area contributed by atoms with Gasteiger partial charge in [0.25, 0.3) is 20.2 Å². The van der Waals surface area contributed by atoms with E-state index in [2.05, 4.69) is 24.6 Å². The van der Waals surface area contributed by atoms with E-state index in [0.29, 0.717) is 12.1 Å². The molecule has 3 rings (SSSR count). The number of nitrogens with zero attached hydrogens (tertiary/aromatic N) is 4. The number of carbonyl (C=O) groups is 1. The summed E-state index contributed by atoms with van der Waals surface area (Å²) in [5.41, 5.74) is 14.3. The second-order valence-electron chi connectivity index (χ2n) is 8.31. The fourth-order valence-corrected chi connectivity index (χ4v) is 6.11. The summed E-state index contributed by atoms with van der Waals surface area (Å²) in [6.07, 6.45) is 0. The van der Waals surface area contributed by atoms with E-state index in [0.717, 1.165) is 12.1 Å². The third kappa shape index (κ3) is 8.44. The van der Waals surface area contributed by atoms with Crippen molar-refractivity contribution in [2.75, 3.05) is 23.8 Å². The Balaban J connectivity index is 2.13. The molecule has 0 aliphatic heterocycles. The molecule has 0 radical (unpaired) electrons. The predicted octanol–water partition coefficient (Wildman–Crippen LogP) is 1.86. The zero-order valence-electron chi connectivity index (χ0n) is 21.7. The molecule has 0 aliphatic carbocycles. The summed E-state index contributed by atoms with van der Waals surface area (Å²) in [6, 6.07) is 8.30. The SMILES string of the molecule is NC(=O)c1cccc(N=Nc2c(N)c(N=Nc3ccc(S(=O)(=O)CCOS(=O)[O-])cc3S(=O)(=O)O)cc(S(=O)(=O)O)c2N)c1. The molecule has 8 N–H and O–H groups in total. The number of sulfone groups is 1. The van der Waals surface area contributed by atoms with Crippen LogP contribution < -0.4 is 17.2 Å². The quantitative estimate of drug-likeness (QED) is 0.0784. The summed E-state index contributed by atoms with van der Waals surface area (Å²) in [6.45, 7) is -0.788. The normalized spacial score (nSPS) is 13.4. The average molecular weight is 691 g/mol. The second-order valence-corrected chi connectivity index (χ2v) is 13.8. The fourth-order valence-electron chi connectivity index (χ4n) is 3.31. The van der Waals surface area contributed by atoms with Crippen molar-refractivity contribution in [2.45, 2.75) is 14.7 Å². The van der Waals surface area contributed by atoms with Gasteiger partial charge < -0.3 is 21.8 Å². The lowest BCUT2D eigenvalue weighted by Crippen LogP contribution is -2.14. The number of benzene rings is 3. The Bertz CT molecular complexity index is 2050. The number of anilines is 2. The molecule has 3 aromatic rings. The highest BCUT2D eigenvalue weighted by Gasteiger charge is 2.24. The number of hydrogen-bond donors (Lipinski definition) is 5. The monoisotopic (exact) mass is 690 g/mol. The lowest BCUT2D eigenvalue weighted by atomic mass is 10.2. The first-order chi connectivity index (χ1) is 20.3. The molecule has 1 unspecified atom stereocenters. The van der Waals surface area contributed by atoms with Gasteiger partial charge in [0, 0.05) is 5.56 Å². The number of azo groups is 2. The number of hydrogen-bond acceptors (Lipinski definition) is 16. The highest BCUT2D eigenvalue weighted by Crippen LogP contribution is 2.43. The Morgan fingerprint density at radius 1 is 0.841 bits per heavy atom. The second kappa shape index (κ2) is 13.2. The minimum Gasteiger partial charge on any atom is -0.750 e. The molecule has 1 atom stereocenters. The standard InChI is InChI=1S/C21H21N7O12S4/c22-18-15(10-17(44(37,38)39)19(23)20(18)28-25-12-3-1-2-11(8-12)21(24)29)27-26-14-5-4-13(9-16(14)43(34,35)36)42(32,33)7-6-40-41(30)31/h1-5,8-10H,6-7,22-23H2,(H2,24,29)(H,30,31)(H,34,35,36)(H,37,38,39)/p-1. The number of rotatable bonds is 12. The van der Waals surface area contributed by atoms with Crippen molar-refractivity contribution in [1.82, 2.24) is 0 Å². The van der Waals surface area contributed by atoms with Crippen LogP contribution in [0, 0.1) is 0 Å². The molecule has 0 saturated heterocycles. The summed E-state index contributed by atoms with van der Waals surface area (Å²) < 4.78 is 117. The molecular weight excluding hydrogens is 671 g/mol. The summed E-state index contributed by atoms with van der Waals surface area (Å²) in [7, 11) is -14.5. The van der Waals surface area contributed by atoms with Gasteiger partial charge >= 0.3 is 0 Å². The van der Waals surface area contributed by atoms with Gasteiger partial charge in [-0.15, -0.1) is 15.3 Å². The van der Waals surface area contributed by atoms with Gasteiger partial charge in [0.05, 0.1) is 45.7 Å². The van der Waals surface area contributed by atoms with E-state index >= 15 is 0 Å². The highest BCUT2D eigenvalue weighted by atomic mass is 32.2. The van der Waals surface area contributed by atoms with Crippen LogP contribution in [0.3, 0.4) is 0 Å². The maximum Gasteiger partial charge on any atom is 0.296 e. The topological polar surface area (TPSA) is 337 Å². The van der Waals surface area contributed by atoms with Crippen molar-refractivity contribution in [1.29, 1.82) is 0 Å². The van der Waals surface area contributed by atoms with Gasteiger partial charge in [-0.1, -0.05) is 6.07 Å². The minimum absolute atomic E-state index is 0.0567. The minimum atomic E-state index is -5.16. The van der Waals surface area contributed by atoms with Crippen LogP contribution in [0.4, 0.5) is 34.1 Å². The van der Waals surface area contributed by atoms with Crippen molar-refractivity contribution in [3.63, 3.8) is 0 Å². The molecule has 236 valence electrons. The van der Waals surface area contributed by atoms with Crippen LogP contribution in [-0.4, -0.2) is 61.4 Å². The van der Waals surface area contributed by atoms with E-state index in [1.54, 1.807) is 0 Å². The summed E-state index contributed by atoms with van der Waals surface area (Å²) in [4.78, 5) is 8.76. The molecule has 0 saturated carbocycles. The van der Waals surface area contributed by atoms with Crippen molar-refractivity contribution >= 4 is 81.5 Å². The molecular formula is C21H20N7O12S4-. The molecule has 0 heterocycles. The van der Waals surface area contributed by atoms with Gasteiger partial charge in [-0.3, -0.25) is 18.1 Å². The van der Waals surface area contributed by atoms with Crippen molar-refractivity contribution in [2.24, 2.45) is 26.2 Å². The van der Waals surface area contributed by atoms with Crippen LogP contribution in [0.2, 0.25) is 0 Å². The molecule has 0 fully saturated rings. The molecule has 0 aromatic heterocycles. The zero-order chi connectivity index (χ0) is 33.0. The Morgan fingerprint density at radius 2 is 1.48 bits per heavy atom. The first-order valence-electron chi connectivity index (χ1n) is 11.3. The average Bonchev–Trinajstić information content (AvgIpc) is 2.91. The smallest absolute Gasteiger partial charge is 0.296 e. The lowest BCUT2D eigenvalue weighted by molar-refractivity contribution is 0.1000. The zero-order valence-corrected chi connectivity index (χ0v) is 24.9. The molecule has 0 aliphatic rings. The van der Waals surface area contributed by atoms with E-state index < -0.39 is 103 Å². The number of carbonyl (C=O) groups excluding carboxylic acids is 1. The molecule has 1 amide bonds. The number of primary amides is 1. The van der Waals surface area contributed by atoms with Gasteiger partial charge in [0.15, 0.2) is 9.84 Å².